The average Bonchev–Trinajstić information content (AvgIpc) is 3.10. The Morgan fingerprint density at radius 1 is 1.43 bits per heavy atom. The molecule has 0 aliphatic carbocycles. The third kappa shape index (κ3) is 2.83. The monoisotopic (exact) mass is 314 g/mol. The molecule has 0 spiro atoms. The molecule has 23 heavy (non-hydrogen) atoms. The Balaban J connectivity index is 1.92. The quantitative estimate of drug-likeness (QED) is 0.924. The minimum atomic E-state index is -0.642. The molecule has 1 amide bonds. The first kappa shape index (κ1) is 15.3. The van der Waals surface area contributed by atoms with Gasteiger partial charge in [-0.25, -0.2) is 4.39 Å². The number of aliphatic hydroxyl groups excluding tert-OH is 1. The van der Waals surface area contributed by atoms with Crippen molar-refractivity contribution in [3.63, 3.8) is 0 Å². The number of benzene rings is 1. The molecule has 0 bridgehead atoms. The zero-order chi connectivity index (χ0) is 16.6. The first-order valence-corrected chi connectivity index (χ1v) is 7.24. The van der Waals surface area contributed by atoms with E-state index in [0.717, 1.165) is 5.56 Å². The molecule has 1 fully saturated rings. The molecular weight excluding hydrogens is 299 g/mol. The lowest BCUT2D eigenvalue weighted by Crippen LogP contribution is -2.32. The number of carbonyl (C=O) groups is 1. The second-order valence-corrected chi connectivity index (χ2v) is 5.61. The van der Waals surface area contributed by atoms with E-state index >= 15 is 0 Å². The van der Waals surface area contributed by atoms with Crippen LogP contribution in [0.1, 0.15) is 39.9 Å². The first-order chi connectivity index (χ1) is 11.0. The number of nitrogens with zero attached hydrogens (tertiary/aromatic N) is 2. The van der Waals surface area contributed by atoms with Crippen molar-refractivity contribution in [2.75, 3.05) is 6.54 Å². The summed E-state index contributed by atoms with van der Waals surface area (Å²) in [4.78, 5) is 14.3. The number of furan rings is 1. The summed E-state index contributed by atoms with van der Waals surface area (Å²) in [5, 5.41) is 18.8. The Morgan fingerprint density at radius 2 is 2.13 bits per heavy atom. The zero-order valence-electron chi connectivity index (χ0n) is 12.5. The molecule has 1 aromatic heterocycles. The number of hydrogen-bond acceptors (Lipinski definition) is 4. The number of amides is 1. The Morgan fingerprint density at radius 3 is 2.74 bits per heavy atom. The lowest BCUT2D eigenvalue weighted by molar-refractivity contribution is 0.0714. The fraction of sp³-hybridized carbons (Fsp3) is 0.294. The van der Waals surface area contributed by atoms with Crippen molar-refractivity contribution in [2.24, 2.45) is 0 Å². The molecule has 1 saturated heterocycles. The number of aliphatic hydroxyl groups is 1. The average molecular weight is 314 g/mol. The van der Waals surface area contributed by atoms with Crippen molar-refractivity contribution in [1.82, 2.24) is 4.90 Å². The van der Waals surface area contributed by atoms with E-state index in [-0.39, 0.29) is 30.1 Å². The number of β-amino-alcohol motifs (C(OH)–C–C–N with tert-alkyl or cyclic N) is 1. The molecular formula is C17H15FN2O3. The maximum atomic E-state index is 13.1. The van der Waals surface area contributed by atoms with Gasteiger partial charge in [0, 0.05) is 12.6 Å². The molecule has 0 radical (unpaired) electrons. The molecule has 1 N–H and O–H groups in total. The van der Waals surface area contributed by atoms with Gasteiger partial charge in [0.05, 0.1) is 17.7 Å². The molecule has 3 rings (SSSR count). The molecule has 118 valence electrons. The molecule has 2 atom stereocenters. The second-order valence-electron chi connectivity index (χ2n) is 5.61. The van der Waals surface area contributed by atoms with Crippen LogP contribution in [-0.4, -0.2) is 28.6 Å². The van der Waals surface area contributed by atoms with Crippen molar-refractivity contribution in [3.05, 3.63) is 58.8 Å². The van der Waals surface area contributed by atoms with Crippen molar-refractivity contribution < 1.29 is 18.7 Å². The highest BCUT2D eigenvalue weighted by Crippen LogP contribution is 2.34. The van der Waals surface area contributed by atoms with Gasteiger partial charge in [-0.3, -0.25) is 4.79 Å². The van der Waals surface area contributed by atoms with E-state index in [1.807, 2.05) is 6.07 Å². The van der Waals surface area contributed by atoms with Gasteiger partial charge in [-0.2, -0.15) is 5.26 Å². The lowest BCUT2D eigenvalue weighted by Gasteiger charge is -2.24. The van der Waals surface area contributed by atoms with Crippen molar-refractivity contribution >= 4 is 5.91 Å². The van der Waals surface area contributed by atoms with Gasteiger partial charge in [0.15, 0.2) is 0 Å². The molecule has 2 heterocycles. The van der Waals surface area contributed by atoms with Crippen molar-refractivity contribution in [1.29, 1.82) is 5.26 Å². The zero-order valence-corrected chi connectivity index (χ0v) is 12.5. The van der Waals surface area contributed by atoms with Gasteiger partial charge in [-0.15, -0.1) is 0 Å². The normalized spacial score (nSPS) is 20.5. The van der Waals surface area contributed by atoms with Gasteiger partial charge in [-0.05, 0) is 31.0 Å². The number of aryl methyl sites for hydroxylation is 1. The molecule has 0 unspecified atom stereocenters. The van der Waals surface area contributed by atoms with Crippen LogP contribution in [0.5, 0.6) is 0 Å². The second kappa shape index (κ2) is 5.86. The van der Waals surface area contributed by atoms with E-state index in [9.17, 15) is 14.3 Å². The summed E-state index contributed by atoms with van der Waals surface area (Å²) in [5.74, 6) is -0.220. The number of likely N-dealkylation sites (tertiary alicyclic amines) is 1. The summed E-state index contributed by atoms with van der Waals surface area (Å²) in [6, 6.07) is 8.83. The number of halogens is 1. The van der Waals surface area contributed by atoms with Gasteiger partial charge < -0.3 is 14.4 Å². The number of carbonyl (C=O) groups excluding carboxylic acids is 1. The number of rotatable bonds is 2. The van der Waals surface area contributed by atoms with Gasteiger partial charge in [0.1, 0.15) is 17.6 Å². The molecule has 1 aliphatic rings. The van der Waals surface area contributed by atoms with Crippen LogP contribution in [0.2, 0.25) is 0 Å². The fourth-order valence-electron chi connectivity index (χ4n) is 2.94. The van der Waals surface area contributed by atoms with Crippen molar-refractivity contribution in [3.8, 4) is 6.07 Å². The van der Waals surface area contributed by atoms with Crippen LogP contribution in [0, 0.1) is 24.1 Å². The van der Waals surface area contributed by atoms with E-state index in [0.29, 0.717) is 17.7 Å². The van der Waals surface area contributed by atoms with E-state index in [2.05, 4.69) is 0 Å². The van der Waals surface area contributed by atoms with E-state index in [1.54, 1.807) is 19.1 Å². The molecule has 1 aromatic carbocycles. The Bertz CT molecular complexity index is 776. The summed E-state index contributed by atoms with van der Waals surface area (Å²) < 4.78 is 18.3. The van der Waals surface area contributed by atoms with E-state index < -0.39 is 6.10 Å². The largest absolute Gasteiger partial charge is 0.450 e. The van der Waals surface area contributed by atoms with Crippen LogP contribution in [0.4, 0.5) is 4.39 Å². The highest BCUT2D eigenvalue weighted by Gasteiger charge is 2.36. The van der Waals surface area contributed by atoms with Crippen molar-refractivity contribution in [2.45, 2.75) is 25.5 Å². The lowest BCUT2D eigenvalue weighted by atomic mass is 10.0. The number of nitriles is 1. The van der Waals surface area contributed by atoms with Crippen LogP contribution in [0.3, 0.4) is 0 Å². The summed E-state index contributed by atoms with van der Waals surface area (Å²) in [6.45, 7) is 1.81. The molecule has 5 nitrogen and oxygen atoms in total. The molecule has 1 aliphatic heterocycles. The third-order valence-electron chi connectivity index (χ3n) is 4.05. The van der Waals surface area contributed by atoms with E-state index in [1.165, 1.54) is 23.1 Å². The van der Waals surface area contributed by atoms with Gasteiger partial charge >= 0.3 is 0 Å². The highest BCUT2D eigenvalue weighted by molar-refractivity contribution is 5.96. The summed E-state index contributed by atoms with van der Waals surface area (Å²) >= 11 is 0. The Hall–Kier alpha value is -2.65. The smallest absolute Gasteiger partial charge is 0.258 e. The van der Waals surface area contributed by atoms with Gasteiger partial charge in [-0.1, -0.05) is 12.1 Å². The van der Waals surface area contributed by atoms with E-state index in [4.69, 9.17) is 9.68 Å². The predicted molar refractivity (Wildman–Crippen MR) is 79.0 cm³/mol. The first-order valence-electron chi connectivity index (χ1n) is 7.24. The minimum absolute atomic E-state index is 0.0731. The van der Waals surface area contributed by atoms with Crippen LogP contribution < -0.4 is 0 Å². The minimum Gasteiger partial charge on any atom is -0.450 e. The van der Waals surface area contributed by atoms with Crippen LogP contribution in [0.25, 0.3) is 0 Å². The maximum Gasteiger partial charge on any atom is 0.258 e. The fourth-order valence-corrected chi connectivity index (χ4v) is 2.94. The van der Waals surface area contributed by atoms with Crippen LogP contribution in [-0.2, 0) is 0 Å². The topological polar surface area (TPSA) is 77.5 Å². The standard InChI is InChI=1S/C17H15FN2O3/c1-10-15(7-14(8-19)23-10)17(22)20-9-13(21)6-16(20)11-2-4-12(18)5-3-11/h2-5,7,13,16,21H,6,9H2,1H3/t13-,16+/m0/s1. The highest BCUT2D eigenvalue weighted by atomic mass is 19.1. The maximum absolute atomic E-state index is 13.1. The summed E-state index contributed by atoms with van der Waals surface area (Å²) in [7, 11) is 0. The Labute approximate surface area is 132 Å². The molecule has 2 aromatic rings. The SMILES string of the molecule is Cc1oc(C#N)cc1C(=O)N1C[C@@H](O)C[C@@H]1c1ccc(F)cc1. The number of hydrogen-bond donors (Lipinski definition) is 1. The summed E-state index contributed by atoms with van der Waals surface area (Å²) in [6.07, 6.45) is -0.254. The van der Waals surface area contributed by atoms with Gasteiger partial charge in [0.25, 0.3) is 5.91 Å². The van der Waals surface area contributed by atoms with Gasteiger partial charge in [0.2, 0.25) is 5.76 Å². The molecule has 6 heteroatoms. The predicted octanol–water partition coefficient (Wildman–Crippen LogP) is 2.55. The van der Waals surface area contributed by atoms with Crippen LogP contribution >= 0.6 is 0 Å². The third-order valence-corrected chi connectivity index (χ3v) is 4.05. The molecule has 0 saturated carbocycles. The Kier molecular flexibility index (Phi) is 3.89. The summed E-state index contributed by atoms with van der Waals surface area (Å²) in [5.41, 5.74) is 1.07. The van der Waals surface area contributed by atoms with Crippen LogP contribution in [0.15, 0.2) is 34.7 Å².